The summed E-state index contributed by atoms with van der Waals surface area (Å²) in [4.78, 5) is 0. The first-order valence-electron chi connectivity index (χ1n) is 6.51. The Morgan fingerprint density at radius 1 is 1.37 bits per heavy atom. The fourth-order valence-corrected chi connectivity index (χ4v) is 1.95. The summed E-state index contributed by atoms with van der Waals surface area (Å²) in [6, 6.07) is 6.57. The number of ether oxygens (including phenoxy) is 1. The quantitative estimate of drug-likeness (QED) is 0.894. The molecule has 0 radical (unpaired) electrons. The zero-order chi connectivity index (χ0) is 13.8. The Morgan fingerprint density at radius 2 is 2.16 bits per heavy atom. The van der Waals surface area contributed by atoms with Crippen molar-refractivity contribution in [3.63, 3.8) is 0 Å². The third kappa shape index (κ3) is 3.28. The normalized spacial score (nSPS) is 10.8. The monoisotopic (exact) mass is 259 g/mol. The standard InChI is InChI=1S/C15H21N3O/c1-11(2)18-10-14(9-17-18)16-8-13-7-12(3)5-6-15(13)19-4/h5-7,9-11,16H,8H2,1-4H3. The fourth-order valence-electron chi connectivity index (χ4n) is 1.95. The van der Waals surface area contributed by atoms with Crippen molar-refractivity contribution in [1.82, 2.24) is 9.78 Å². The summed E-state index contributed by atoms with van der Waals surface area (Å²) >= 11 is 0. The highest BCUT2D eigenvalue weighted by Gasteiger charge is 2.05. The highest BCUT2D eigenvalue weighted by molar-refractivity contribution is 5.43. The lowest BCUT2D eigenvalue weighted by Crippen LogP contribution is -2.02. The minimum Gasteiger partial charge on any atom is -0.496 e. The van der Waals surface area contributed by atoms with Crippen molar-refractivity contribution in [3.05, 3.63) is 41.7 Å². The van der Waals surface area contributed by atoms with Gasteiger partial charge < -0.3 is 10.1 Å². The van der Waals surface area contributed by atoms with Crippen LogP contribution in [0.3, 0.4) is 0 Å². The molecule has 0 spiro atoms. The molecule has 1 N–H and O–H groups in total. The van der Waals surface area contributed by atoms with Gasteiger partial charge in [-0.3, -0.25) is 4.68 Å². The van der Waals surface area contributed by atoms with Crippen LogP contribution in [0.25, 0.3) is 0 Å². The summed E-state index contributed by atoms with van der Waals surface area (Å²) in [5, 5.41) is 7.69. The van der Waals surface area contributed by atoms with Crippen molar-refractivity contribution in [3.8, 4) is 5.75 Å². The second-order valence-electron chi connectivity index (χ2n) is 4.97. The van der Waals surface area contributed by atoms with E-state index in [0.717, 1.165) is 23.5 Å². The summed E-state index contributed by atoms with van der Waals surface area (Å²) in [6.45, 7) is 7.04. The number of aromatic nitrogens is 2. The molecule has 2 rings (SSSR count). The van der Waals surface area contributed by atoms with Gasteiger partial charge in [-0.1, -0.05) is 17.7 Å². The highest BCUT2D eigenvalue weighted by Crippen LogP contribution is 2.21. The number of aryl methyl sites for hydroxylation is 1. The van der Waals surface area contributed by atoms with Crippen LogP contribution in [0.4, 0.5) is 5.69 Å². The maximum absolute atomic E-state index is 5.37. The van der Waals surface area contributed by atoms with Crippen LogP contribution < -0.4 is 10.1 Å². The minimum absolute atomic E-state index is 0.379. The molecule has 0 aliphatic carbocycles. The molecule has 0 aliphatic heterocycles. The zero-order valence-corrected chi connectivity index (χ0v) is 12.0. The van der Waals surface area contributed by atoms with Gasteiger partial charge in [-0.05, 0) is 26.8 Å². The zero-order valence-electron chi connectivity index (χ0n) is 12.0. The Hall–Kier alpha value is -1.97. The van der Waals surface area contributed by atoms with Crippen LogP contribution in [0.15, 0.2) is 30.6 Å². The number of anilines is 1. The summed E-state index contributed by atoms with van der Waals surface area (Å²) in [5.41, 5.74) is 3.41. The Kier molecular flexibility index (Phi) is 4.10. The molecule has 1 aromatic heterocycles. The molecule has 4 heteroatoms. The van der Waals surface area contributed by atoms with Crippen molar-refractivity contribution in [2.75, 3.05) is 12.4 Å². The molecule has 0 bridgehead atoms. The molecule has 2 aromatic rings. The van der Waals surface area contributed by atoms with Gasteiger partial charge in [0.1, 0.15) is 5.75 Å². The number of benzene rings is 1. The molecule has 1 heterocycles. The molecule has 0 aliphatic rings. The van der Waals surface area contributed by atoms with Gasteiger partial charge in [-0.15, -0.1) is 0 Å². The molecular formula is C15H21N3O. The van der Waals surface area contributed by atoms with E-state index in [1.165, 1.54) is 5.56 Å². The van der Waals surface area contributed by atoms with E-state index in [1.54, 1.807) is 7.11 Å². The van der Waals surface area contributed by atoms with Crippen molar-refractivity contribution in [1.29, 1.82) is 0 Å². The van der Waals surface area contributed by atoms with Gasteiger partial charge in [0.05, 0.1) is 19.0 Å². The van der Waals surface area contributed by atoms with E-state index in [4.69, 9.17) is 4.74 Å². The molecule has 0 unspecified atom stereocenters. The van der Waals surface area contributed by atoms with E-state index < -0.39 is 0 Å². The van der Waals surface area contributed by atoms with Crippen LogP contribution in [0.5, 0.6) is 5.75 Å². The molecule has 102 valence electrons. The lowest BCUT2D eigenvalue weighted by molar-refractivity contribution is 0.410. The number of hydrogen-bond donors (Lipinski definition) is 1. The number of hydrogen-bond acceptors (Lipinski definition) is 3. The van der Waals surface area contributed by atoms with Crippen molar-refractivity contribution >= 4 is 5.69 Å². The maximum Gasteiger partial charge on any atom is 0.123 e. The van der Waals surface area contributed by atoms with Gasteiger partial charge in [-0.2, -0.15) is 5.10 Å². The summed E-state index contributed by atoms with van der Waals surface area (Å²) < 4.78 is 7.31. The number of nitrogens with zero attached hydrogens (tertiary/aromatic N) is 2. The first-order valence-corrected chi connectivity index (χ1v) is 6.51. The number of methoxy groups -OCH3 is 1. The Morgan fingerprint density at radius 3 is 2.79 bits per heavy atom. The van der Waals surface area contributed by atoms with E-state index in [1.807, 2.05) is 23.1 Å². The van der Waals surface area contributed by atoms with Gasteiger partial charge in [0, 0.05) is 24.3 Å². The van der Waals surface area contributed by atoms with Gasteiger partial charge in [-0.25, -0.2) is 0 Å². The van der Waals surface area contributed by atoms with E-state index in [9.17, 15) is 0 Å². The molecule has 0 saturated carbocycles. The van der Waals surface area contributed by atoms with Crippen molar-refractivity contribution < 1.29 is 4.74 Å². The smallest absolute Gasteiger partial charge is 0.123 e. The minimum atomic E-state index is 0.379. The Bertz CT molecular complexity index is 546. The van der Waals surface area contributed by atoms with E-state index >= 15 is 0 Å². The summed E-state index contributed by atoms with van der Waals surface area (Å²) in [5.74, 6) is 0.911. The van der Waals surface area contributed by atoms with Gasteiger partial charge in [0.15, 0.2) is 0 Å². The van der Waals surface area contributed by atoms with Gasteiger partial charge in [0.2, 0.25) is 0 Å². The first-order chi connectivity index (χ1) is 9.10. The maximum atomic E-state index is 5.37. The lowest BCUT2D eigenvalue weighted by atomic mass is 10.1. The average molecular weight is 259 g/mol. The Balaban J connectivity index is 2.07. The van der Waals surface area contributed by atoms with Gasteiger partial charge >= 0.3 is 0 Å². The molecule has 4 nitrogen and oxygen atoms in total. The van der Waals surface area contributed by atoms with Crippen LogP contribution >= 0.6 is 0 Å². The molecule has 19 heavy (non-hydrogen) atoms. The first kappa shape index (κ1) is 13.5. The third-order valence-electron chi connectivity index (χ3n) is 3.05. The number of rotatable bonds is 5. The third-order valence-corrected chi connectivity index (χ3v) is 3.05. The van der Waals surface area contributed by atoms with Crippen molar-refractivity contribution in [2.45, 2.75) is 33.4 Å². The molecular weight excluding hydrogens is 238 g/mol. The second kappa shape index (κ2) is 5.78. The number of nitrogens with one attached hydrogen (secondary N) is 1. The molecule has 0 fully saturated rings. The van der Waals surface area contributed by atoms with E-state index in [0.29, 0.717) is 6.04 Å². The average Bonchev–Trinajstić information content (AvgIpc) is 2.85. The SMILES string of the molecule is COc1ccc(C)cc1CNc1cnn(C(C)C)c1. The molecule has 0 amide bonds. The second-order valence-corrected chi connectivity index (χ2v) is 4.97. The molecule has 0 atom stereocenters. The molecule has 1 aromatic carbocycles. The predicted molar refractivity (Wildman–Crippen MR) is 77.7 cm³/mol. The Labute approximate surface area is 114 Å². The summed E-state index contributed by atoms with van der Waals surface area (Å²) in [6.07, 6.45) is 3.87. The van der Waals surface area contributed by atoms with Gasteiger partial charge in [0.25, 0.3) is 0 Å². The topological polar surface area (TPSA) is 39.1 Å². The predicted octanol–water partition coefficient (Wildman–Crippen LogP) is 3.39. The van der Waals surface area contributed by atoms with Crippen LogP contribution in [-0.2, 0) is 6.54 Å². The van der Waals surface area contributed by atoms with E-state index in [2.05, 4.69) is 43.3 Å². The highest BCUT2D eigenvalue weighted by atomic mass is 16.5. The van der Waals surface area contributed by atoms with Crippen molar-refractivity contribution in [2.24, 2.45) is 0 Å². The van der Waals surface area contributed by atoms with Crippen LogP contribution in [0.1, 0.15) is 31.0 Å². The van der Waals surface area contributed by atoms with E-state index in [-0.39, 0.29) is 0 Å². The van der Waals surface area contributed by atoms with Crippen LogP contribution in [0, 0.1) is 6.92 Å². The van der Waals surface area contributed by atoms with Crippen LogP contribution in [0.2, 0.25) is 0 Å². The lowest BCUT2D eigenvalue weighted by Gasteiger charge is -2.10. The van der Waals surface area contributed by atoms with Crippen LogP contribution in [-0.4, -0.2) is 16.9 Å². The fraction of sp³-hybridized carbons (Fsp3) is 0.400. The largest absolute Gasteiger partial charge is 0.496 e. The summed E-state index contributed by atoms with van der Waals surface area (Å²) in [7, 11) is 1.70. The molecule has 0 saturated heterocycles.